The number of benzene rings is 1. The quantitative estimate of drug-likeness (QED) is 0.797. The molecule has 0 aliphatic carbocycles. The third-order valence-electron chi connectivity index (χ3n) is 2.01. The minimum Gasteiger partial charge on any atom is -0.452 e. The van der Waals surface area contributed by atoms with Crippen molar-refractivity contribution in [1.29, 1.82) is 0 Å². The third kappa shape index (κ3) is 4.13. The Morgan fingerprint density at radius 3 is 2.62 bits per heavy atom. The maximum absolute atomic E-state index is 11.3. The van der Waals surface area contributed by atoms with Crippen molar-refractivity contribution in [3.8, 4) is 0 Å². The second-order valence-corrected chi connectivity index (χ2v) is 3.37. The van der Waals surface area contributed by atoms with Crippen LogP contribution in [0, 0.1) is 0 Å². The van der Waals surface area contributed by atoms with Crippen LogP contribution in [-0.4, -0.2) is 12.4 Å². The highest BCUT2D eigenvalue weighted by Gasteiger charge is 2.00. The molecule has 1 aromatic rings. The molecule has 1 aromatic carbocycles. The number of hydrogen-bond donors (Lipinski definition) is 1. The summed E-state index contributed by atoms with van der Waals surface area (Å²) in [6.07, 6.45) is 1.35. The van der Waals surface area contributed by atoms with E-state index in [0.29, 0.717) is 6.42 Å². The van der Waals surface area contributed by atoms with Crippen LogP contribution in [-0.2, 0) is 20.9 Å². The maximum atomic E-state index is 11.3. The van der Waals surface area contributed by atoms with E-state index in [1.807, 2.05) is 6.92 Å². The summed E-state index contributed by atoms with van der Waals surface area (Å²) in [4.78, 5) is 21.1. The van der Waals surface area contributed by atoms with Gasteiger partial charge in [-0.25, -0.2) is 4.79 Å². The lowest BCUT2D eigenvalue weighted by molar-refractivity contribution is -0.116. The molecule has 0 unspecified atom stereocenters. The van der Waals surface area contributed by atoms with Gasteiger partial charge in [-0.2, -0.15) is 0 Å². The summed E-state index contributed by atoms with van der Waals surface area (Å²) in [5, 5.41) is 2.77. The molecular weight excluding hydrogens is 206 g/mol. The summed E-state index contributed by atoms with van der Waals surface area (Å²) in [5.74, 6) is 0.00715. The Morgan fingerprint density at radius 1 is 1.38 bits per heavy atom. The molecule has 0 fully saturated rings. The first kappa shape index (κ1) is 12.2. The van der Waals surface area contributed by atoms with E-state index in [1.165, 1.54) is 6.47 Å². The molecular formula is C12H14NO3. The van der Waals surface area contributed by atoms with E-state index in [2.05, 4.69) is 10.1 Å². The molecule has 16 heavy (non-hydrogen) atoms. The number of rotatable bonds is 6. The molecule has 0 saturated carbocycles. The van der Waals surface area contributed by atoms with E-state index >= 15 is 0 Å². The Morgan fingerprint density at radius 2 is 2.06 bits per heavy atom. The first-order valence-electron chi connectivity index (χ1n) is 5.14. The highest BCUT2D eigenvalue weighted by molar-refractivity contribution is 5.90. The summed E-state index contributed by atoms with van der Waals surface area (Å²) in [6, 6.07) is 7.13. The normalized spacial score (nSPS) is 9.56. The van der Waals surface area contributed by atoms with Crippen LogP contribution in [0.25, 0.3) is 0 Å². The molecule has 0 spiro atoms. The van der Waals surface area contributed by atoms with Gasteiger partial charge in [0.25, 0.3) is 0 Å². The Balaban J connectivity index is 2.50. The van der Waals surface area contributed by atoms with Crippen molar-refractivity contribution >= 4 is 18.1 Å². The zero-order valence-electron chi connectivity index (χ0n) is 9.16. The summed E-state index contributed by atoms with van der Waals surface area (Å²) >= 11 is 0. The fraction of sp³-hybridized carbons (Fsp3) is 0.333. The monoisotopic (exact) mass is 220 g/mol. The van der Waals surface area contributed by atoms with Crippen LogP contribution >= 0.6 is 0 Å². The van der Waals surface area contributed by atoms with Crippen molar-refractivity contribution in [1.82, 2.24) is 0 Å². The van der Waals surface area contributed by atoms with Gasteiger partial charge in [-0.15, -0.1) is 0 Å². The zero-order valence-corrected chi connectivity index (χ0v) is 9.16. The molecule has 0 aromatic heterocycles. The topological polar surface area (TPSA) is 55.4 Å². The van der Waals surface area contributed by atoms with Crippen molar-refractivity contribution < 1.29 is 14.3 Å². The first-order chi connectivity index (χ1) is 7.76. The van der Waals surface area contributed by atoms with Crippen molar-refractivity contribution in [3.05, 3.63) is 29.8 Å². The van der Waals surface area contributed by atoms with Crippen molar-refractivity contribution in [2.45, 2.75) is 26.4 Å². The number of amides is 1. The predicted octanol–water partition coefficient (Wildman–Crippen LogP) is 2.01. The van der Waals surface area contributed by atoms with Crippen LogP contribution in [0.1, 0.15) is 25.3 Å². The van der Waals surface area contributed by atoms with Crippen LogP contribution in [0.4, 0.5) is 5.69 Å². The van der Waals surface area contributed by atoms with Crippen LogP contribution in [0.15, 0.2) is 24.3 Å². The summed E-state index contributed by atoms with van der Waals surface area (Å²) < 4.78 is 4.49. The average molecular weight is 220 g/mol. The second kappa shape index (κ2) is 6.61. The Hall–Kier alpha value is -1.84. The number of anilines is 1. The molecule has 1 amide bonds. The zero-order chi connectivity index (χ0) is 11.8. The van der Waals surface area contributed by atoms with Gasteiger partial charge in [0.2, 0.25) is 5.91 Å². The van der Waals surface area contributed by atoms with Gasteiger partial charge in [-0.1, -0.05) is 19.1 Å². The minimum atomic E-state index is 0.00715. The van der Waals surface area contributed by atoms with Gasteiger partial charge in [0.1, 0.15) is 6.61 Å². The van der Waals surface area contributed by atoms with E-state index in [1.54, 1.807) is 24.3 Å². The van der Waals surface area contributed by atoms with E-state index in [0.717, 1.165) is 17.7 Å². The number of nitrogens with one attached hydrogen (secondary N) is 1. The molecule has 0 heterocycles. The molecule has 1 rings (SSSR count). The van der Waals surface area contributed by atoms with E-state index in [9.17, 15) is 9.59 Å². The molecule has 85 valence electrons. The fourth-order valence-corrected chi connectivity index (χ4v) is 1.25. The Kier molecular flexibility index (Phi) is 5.05. The summed E-state index contributed by atoms with van der Waals surface area (Å²) in [7, 11) is 0. The average Bonchev–Trinajstić information content (AvgIpc) is 2.28. The Labute approximate surface area is 94.6 Å². The number of carbonyl (C=O) groups is 1. The van der Waals surface area contributed by atoms with Gasteiger partial charge in [0.05, 0.1) is 0 Å². The van der Waals surface area contributed by atoms with Crippen LogP contribution in [0.3, 0.4) is 0 Å². The molecule has 1 radical (unpaired) electrons. The SMILES string of the molecule is CCCC(=O)Nc1ccc(CO[C]=O)cc1. The second-order valence-electron chi connectivity index (χ2n) is 3.37. The molecule has 0 saturated heterocycles. The molecule has 0 aliphatic rings. The molecule has 4 heteroatoms. The maximum Gasteiger partial charge on any atom is 0.417 e. The van der Waals surface area contributed by atoms with E-state index < -0.39 is 0 Å². The van der Waals surface area contributed by atoms with Crippen LogP contribution in [0.2, 0.25) is 0 Å². The summed E-state index contributed by atoms with van der Waals surface area (Å²) in [6.45, 7) is 3.52. The highest BCUT2D eigenvalue weighted by Crippen LogP contribution is 2.10. The van der Waals surface area contributed by atoms with Gasteiger partial charge in [0.15, 0.2) is 0 Å². The van der Waals surface area contributed by atoms with Gasteiger partial charge in [0, 0.05) is 12.1 Å². The van der Waals surface area contributed by atoms with Crippen molar-refractivity contribution in [2.75, 3.05) is 5.32 Å². The van der Waals surface area contributed by atoms with Crippen molar-refractivity contribution in [3.63, 3.8) is 0 Å². The van der Waals surface area contributed by atoms with Crippen molar-refractivity contribution in [2.24, 2.45) is 0 Å². The van der Waals surface area contributed by atoms with Gasteiger partial charge in [-0.05, 0) is 24.1 Å². The minimum absolute atomic E-state index is 0.00715. The number of ether oxygens (including phenoxy) is 1. The summed E-state index contributed by atoms with van der Waals surface area (Å²) in [5.41, 5.74) is 1.61. The van der Waals surface area contributed by atoms with Crippen LogP contribution in [0.5, 0.6) is 0 Å². The smallest absolute Gasteiger partial charge is 0.417 e. The standard InChI is InChI=1S/C12H14NO3/c1-2-3-12(15)13-11-6-4-10(5-7-11)8-16-9-14/h4-7H,2-3,8H2,1H3,(H,13,15). The molecule has 0 aliphatic heterocycles. The fourth-order valence-electron chi connectivity index (χ4n) is 1.25. The largest absolute Gasteiger partial charge is 0.452 e. The van der Waals surface area contributed by atoms with Crippen LogP contribution < -0.4 is 5.32 Å². The van der Waals surface area contributed by atoms with E-state index in [4.69, 9.17) is 0 Å². The predicted molar refractivity (Wildman–Crippen MR) is 60.5 cm³/mol. The molecule has 0 atom stereocenters. The lowest BCUT2D eigenvalue weighted by atomic mass is 10.2. The lowest BCUT2D eigenvalue weighted by Gasteiger charge is -2.05. The first-order valence-corrected chi connectivity index (χ1v) is 5.14. The Bertz CT molecular complexity index is 346. The molecule has 0 bridgehead atoms. The molecule has 1 N–H and O–H groups in total. The number of carbonyl (C=O) groups excluding carboxylic acids is 2. The third-order valence-corrected chi connectivity index (χ3v) is 2.01. The highest BCUT2D eigenvalue weighted by atomic mass is 16.5. The molecule has 4 nitrogen and oxygen atoms in total. The van der Waals surface area contributed by atoms with E-state index in [-0.39, 0.29) is 12.5 Å². The lowest BCUT2D eigenvalue weighted by Crippen LogP contribution is -2.10. The van der Waals surface area contributed by atoms with Gasteiger partial charge in [-0.3, -0.25) is 4.79 Å². The van der Waals surface area contributed by atoms with Gasteiger partial charge >= 0.3 is 6.47 Å². The number of hydrogen-bond acceptors (Lipinski definition) is 3. The van der Waals surface area contributed by atoms with Gasteiger partial charge < -0.3 is 10.1 Å².